The van der Waals surface area contributed by atoms with Crippen LogP contribution in [0.5, 0.6) is 0 Å². The van der Waals surface area contributed by atoms with Crippen LogP contribution in [0.15, 0.2) is 63.6 Å². The summed E-state index contributed by atoms with van der Waals surface area (Å²) < 4.78 is 1.65. The molecular weight excluding hydrogens is 488 g/mol. The summed E-state index contributed by atoms with van der Waals surface area (Å²) >= 11 is 2.87. The molecule has 4 aromatic rings. The largest absolute Gasteiger partial charge is 0.272 e. The number of nitrogens with one attached hydrogen (secondary N) is 1. The van der Waals surface area contributed by atoms with Crippen molar-refractivity contribution in [2.24, 2.45) is 5.10 Å². The Morgan fingerprint density at radius 3 is 2.64 bits per heavy atom. The van der Waals surface area contributed by atoms with Gasteiger partial charge >= 0.3 is 0 Å². The zero-order chi connectivity index (χ0) is 25.1. The first kappa shape index (κ1) is 24.5. The molecule has 0 bridgehead atoms. The zero-order valence-electron chi connectivity index (χ0n) is 20.4. The van der Waals surface area contributed by atoms with E-state index in [-0.39, 0.29) is 17.2 Å². The molecule has 1 amide bonds. The molecule has 0 spiro atoms. The van der Waals surface area contributed by atoms with Gasteiger partial charge in [-0.3, -0.25) is 14.2 Å². The van der Waals surface area contributed by atoms with Crippen LogP contribution in [-0.4, -0.2) is 27.4 Å². The number of thiophene rings is 1. The Morgan fingerprint density at radius 1 is 1.14 bits per heavy atom. The van der Waals surface area contributed by atoms with Gasteiger partial charge in [0.1, 0.15) is 4.83 Å². The minimum atomic E-state index is -0.253. The number of hydrazone groups is 1. The van der Waals surface area contributed by atoms with Crippen molar-refractivity contribution < 1.29 is 4.79 Å². The van der Waals surface area contributed by atoms with Crippen LogP contribution >= 0.6 is 23.1 Å². The maximum atomic E-state index is 13.8. The lowest BCUT2D eigenvalue weighted by Gasteiger charge is -2.13. The standard InChI is InChI=1S/C28H28N4O2S2/c1-3-19-10-12-20(13-11-19)16-29-31-24(33)17-35-28-30-26-25(22-6-4-5-7-23(22)36-26)27(34)32(28)21-14-8-18(2)9-15-21/h8-16H,3-7,17H2,1-2H3,(H,31,33)/b29-16+. The molecule has 6 nitrogen and oxygen atoms in total. The molecule has 1 aliphatic carbocycles. The fraction of sp³-hybridized carbons (Fsp3) is 0.286. The van der Waals surface area contributed by atoms with E-state index in [0.717, 1.165) is 64.7 Å². The maximum absolute atomic E-state index is 13.8. The highest BCUT2D eigenvalue weighted by atomic mass is 32.2. The van der Waals surface area contributed by atoms with Crippen LogP contribution in [-0.2, 0) is 24.1 Å². The molecule has 0 atom stereocenters. The number of amides is 1. The van der Waals surface area contributed by atoms with Crippen molar-refractivity contribution in [3.05, 3.63) is 86.0 Å². The topological polar surface area (TPSA) is 76.3 Å². The lowest BCUT2D eigenvalue weighted by atomic mass is 9.97. The number of benzene rings is 2. The van der Waals surface area contributed by atoms with Gasteiger partial charge in [-0.25, -0.2) is 10.4 Å². The third kappa shape index (κ3) is 5.15. The average Bonchev–Trinajstić information content (AvgIpc) is 3.27. The number of hydrogen-bond acceptors (Lipinski definition) is 6. The van der Waals surface area contributed by atoms with Gasteiger partial charge in [0.2, 0.25) is 0 Å². The first-order chi connectivity index (χ1) is 17.5. The van der Waals surface area contributed by atoms with Gasteiger partial charge in [0.05, 0.1) is 23.0 Å². The highest BCUT2D eigenvalue weighted by molar-refractivity contribution is 7.99. The molecular formula is C28H28N4O2S2. The van der Waals surface area contributed by atoms with Crippen LogP contribution in [0.4, 0.5) is 0 Å². The SMILES string of the molecule is CCc1ccc(/C=N/NC(=O)CSc2nc3sc4c(c3c(=O)n2-c2ccc(C)cc2)CCCC4)cc1. The minimum absolute atomic E-state index is 0.0558. The molecule has 36 heavy (non-hydrogen) atoms. The Bertz CT molecular complexity index is 1490. The van der Waals surface area contributed by atoms with Crippen molar-refractivity contribution in [2.75, 3.05) is 5.75 Å². The summed E-state index contributed by atoms with van der Waals surface area (Å²) in [5.41, 5.74) is 7.74. The van der Waals surface area contributed by atoms with Crippen LogP contribution in [0.25, 0.3) is 15.9 Å². The van der Waals surface area contributed by atoms with Gasteiger partial charge in [0, 0.05) is 4.88 Å². The van der Waals surface area contributed by atoms with Crippen LogP contribution in [0, 0.1) is 6.92 Å². The van der Waals surface area contributed by atoms with E-state index in [2.05, 4.69) is 17.5 Å². The summed E-state index contributed by atoms with van der Waals surface area (Å²) in [6.07, 6.45) is 6.79. The van der Waals surface area contributed by atoms with E-state index in [1.165, 1.54) is 22.2 Å². The van der Waals surface area contributed by atoms with Crippen molar-refractivity contribution in [1.82, 2.24) is 15.0 Å². The molecule has 184 valence electrons. The summed E-state index contributed by atoms with van der Waals surface area (Å²) in [6, 6.07) is 15.9. The number of rotatable bonds is 7. The summed E-state index contributed by atoms with van der Waals surface area (Å²) in [5.74, 6) is -0.155. The molecule has 8 heteroatoms. The summed E-state index contributed by atoms with van der Waals surface area (Å²) in [4.78, 5) is 33.3. The molecule has 0 saturated heterocycles. The van der Waals surface area contributed by atoms with Gasteiger partial charge in [0.15, 0.2) is 5.16 Å². The third-order valence-electron chi connectivity index (χ3n) is 6.37. The molecule has 0 saturated carbocycles. The Hall–Kier alpha value is -3.23. The Morgan fingerprint density at radius 2 is 1.89 bits per heavy atom. The second-order valence-electron chi connectivity index (χ2n) is 8.94. The van der Waals surface area contributed by atoms with Crippen molar-refractivity contribution in [3.63, 3.8) is 0 Å². The molecule has 0 unspecified atom stereocenters. The minimum Gasteiger partial charge on any atom is -0.272 e. The predicted molar refractivity (Wildman–Crippen MR) is 149 cm³/mol. The smallest absolute Gasteiger partial charge is 0.267 e. The zero-order valence-corrected chi connectivity index (χ0v) is 22.0. The number of thioether (sulfide) groups is 1. The first-order valence-corrected chi connectivity index (χ1v) is 14.0. The predicted octanol–water partition coefficient (Wildman–Crippen LogP) is 5.44. The first-order valence-electron chi connectivity index (χ1n) is 12.2. The van der Waals surface area contributed by atoms with E-state index in [0.29, 0.717) is 5.16 Å². The van der Waals surface area contributed by atoms with E-state index in [1.807, 2.05) is 55.5 Å². The number of hydrogen-bond donors (Lipinski definition) is 1. The molecule has 2 heterocycles. The fourth-order valence-electron chi connectivity index (χ4n) is 4.39. The summed E-state index contributed by atoms with van der Waals surface area (Å²) in [5, 5.41) is 5.34. The van der Waals surface area contributed by atoms with E-state index in [9.17, 15) is 9.59 Å². The molecule has 0 radical (unpaired) electrons. The van der Waals surface area contributed by atoms with E-state index in [1.54, 1.807) is 22.1 Å². The van der Waals surface area contributed by atoms with Crippen LogP contribution in [0.3, 0.4) is 0 Å². The Labute approximate surface area is 218 Å². The number of fused-ring (bicyclic) bond motifs is 3. The van der Waals surface area contributed by atoms with Crippen LogP contribution in [0.1, 0.15) is 46.9 Å². The second-order valence-corrected chi connectivity index (χ2v) is 11.0. The van der Waals surface area contributed by atoms with Gasteiger partial charge in [0.25, 0.3) is 11.5 Å². The number of nitrogens with zero attached hydrogens (tertiary/aromatic N) is 3. The molecule has 5 rings (SSSR count). The lowest BCUT2D eigenvalue weighted by Crippen LogP contribution is -2.24. The van der Waals surface area contributed by atoms with Gasteiger partial charge in [-0.05, 0) is 67.9 Å². The summed E-state index contributed by atoms with van der Waals surface area (Å²) in [6.45, 7) is 4.13. The monoisotopic (exact) mass is 516 g/mol. The Balaban J connectivity index is 1.40. The van der Waals surface area contributed by atoms with Crippen molar-refractivity contribution >= 4 is 45.4 Å². The van der Waals surface area contributed by atoms with Gasteiger partial charge in [-0.1, -0.05) is 60.6 Å². The number of aromatic nitrogens is 2. The van der Waals surface area contributed by atoms with Crippen molar-refractivity contribution in [2.45, 2.75) is 51.1 Å². The molecule has 2 aromatic heterocycles. The van der Waals surface area contributed by atoms with E-state index >= 15 is 0 Å². The van der Waals surface area contributed by atoms with Crippen LogP contribution < -0.4 is 11.0 Å². The highest BCUT2D eigenvalue weighted by Crippen LogP contribution is 2.35. The quantitative estimate of drug-likeness (QED) is 0.154. The molecule has 0 fully saturated rings. The Kier molecular flexibility index (Phi) is 7.34. The van der Waals surface area contributed by atoms with Crippen molar-refractivity contribution in [1.29, 1.82) is 0 Å². The average molecular weight is 517 g/mol. The molecule has 2 aromatic carbocycles. The normalized spacial score (nSPS) is 13.3. The highest BCUT2D eigenvalue weighted by Gasteiger charge is 2.23. The number of aryl methyl sites for hydroxylation is 4. The summed E-state index contributed by atoms with van der Waals surface area (Å²) in [7, 11) is 0. The van der Waals surface area contributed by atoms with Crippen LogP contribution in [0.2, 0.25) is 0 Å². The van der Waals surface area contributed by atoms with E-state index in [4.69, 9.17) is 4.98 Å². The number of carbonyl (C=O) groups is 1. The number of carbonyl (C=O) groups excluding carboxylic acids is 1. The molecule has 1 aliphatic rings. The van der Waals surface area contributed by atoms with Crippen molar-refractivity contribution in [3.8, 4) is 5.69 Å². The molecule has 1 N–H and O–H groups in total. The lowest BCUT2D eigenvalue weighted by molar-refractivity contribution is -0.118. The fourth-order valence-corrected chi connectivity index (χ4v) is 6.49. The molecule has 0 aliphatic heterocycles. The second kappa shape index (κ2) is 10.8. The van der Waals surface area contributed by atoms with Gasteiger partial charge in [-0.2, -0.15) is 5.10 Å². The van der Waals surface area contributed by atoms with E-state index < -0.39 is 0 Å². The van der Waals surface area contributed by atoms with Gasteiger partial charge in [-0.15, -0.1) is 11.3 Å². The third-order valence-corrected chi connectivity index (χ3v) is 8.50. The van der Waals surface area contributed by atoms with Gasteiger partial charge < -0.3 is 0 Å². The maximum Gasteiger partial charge on any atom is 0.267 e.